The molecule has 0 unspecified atom stereocenters. The smallest absolute Gasteiger partial charge is 0.296 e. The van der Waals surface area contributed by atoms with E-state index in [9.17, 15) is 13.6 Å². The quantitative estimate of drug-likeness (QED) is 0.437. The predicted molar refractivity (Wildman–Crippen MR) is 147 cm³/mol. The van der Waals surface area contributed by atoms with E-state index in [0.717, 1.165) is 38.8 Å². The Balaban J connectivity index is 1.18. The maximum atomic E-state index is 14.1. The fourth-order valence-electron chi connectivity index (χ4n) is 5.64. The second kappa shape index (κ2) is 12.6. The first-order valence-electron chi connectivity index (χ1n) is 14.3. The number of nitrogens with one attached hydrogen (secondary N) is 1. The molecule has 1 aromatic carbocycles. The number of alkyl halides is 2. The number of para-hydroxylation sites is 2. The maximum absolute atomic E-state index is 14.1. The first-order valence-corrected chi connectivity index (χ1v) is 14.3. The minimum atomic E-state index is -2.79. The molecule has 1 N–H and O–H groups in total. The topological polar surface area (TPSA) is 107 Å². The van der Waals surface area contributed by atoms with Crippen LogP contribution < -0.4 is 15.0 Å². The number of ether oxygens (including phenoxy) is 3. The Kier molecular flexibility index (Phi) is 8.54. The van der Waals surface area contributed by atoms with Crippen molar-refractivity contribution in [2.75, 3.05) is 64.1 Å². The molecular weight excluding hydrogens is 536 g/mol. The number of nitrogens with zero attached hydrogens (tertiary/aromatic N) is 6. The molecule has 2 aliphatic heterocycles. The summed E-state index contributed by atoms with van der Waals surface area (Å²) in [6.07, 6.45) is 0.153. The Bertz CT molecular complexity index is 1340. The van der Waals surface area contributed by atoms with Crippen molar-refractivity contribution in [1.82, 2.24) is 29.7 Å². The predicted octanol–water partition coefficient (Wildman–Crippen LogP) is 2.73. The van der Waals surface area contributed by atoms with Crippen molar-refractivity contribution in [3.05, 3.63) is 36.2 Å². The van der Waals surface area contributed by atoms with Crippen LogP contribution in [0.4, 0.5) is 14.7 Å². The molecule has 1 aliphatic carbocycles. The van der Waals surface area contributed by atoms with Gasteiger partial charge in [-0.3, -0.25) is 14.3 Å². The van der Waals surface area contributed by atoms with Crippen LogP contribution in [0.3, 0.4) is 0 Å². The van der Waals surface area contributed by atoms with Crippen LogP contribution in [0.25, 0.3) is 16.9 Å². The standard InChI is InChI=1S/C28H35F2N7O4/c29-26(30)27-32-21-3-1-2-4-22(21)37(27)23-17-25(34-28(33-23)36-11-15-40-16-12-36)41-20-7-5-19(6-8-20)31-24(38)18-35-9-13-39-14-10-35/h1-4,17,19-20,26H,5-16,18H2,(H,31,38)/t19-,20-. The zero-order chi connectivity index (χ0) is 28.2. The number of fused-ring (bicyclic) bond motifs is 1. The molecule has 220 valence electrons. The number of rotatable bonds is 8. The monoisotopic (exact) mass is 571 g/mol. The highest BCUT2D eigenvalue weighted by Crippen LogP contribution is 2.31. The highest BCUT2D eigenvalue weighted by Gasteiger charge is 2.27. The first kappa shape index (κ1) is 27.7. The Labute approximate surface area is 236 Å². The Hall–Kier alpha value is -3.42. The number of carbonyl (C=O) groups excluding carboxylic acids is 1. The number of hydrogen-bond acceptors (Lipinski definition) is 9. The second-order valence-corrected chi connectivity index (χ2v) is 10.6. The van der Waals surface area contributed by atoms with Gasteiger partial charge >= 0.3 is 0 Å². The molecule has 2 aromatic heterocycles. The van der Waals surface area contributed by atoms with E-state index >= 15 is 0 Å². The van der Waals surface area contributed by atoms with Crippen LogP contribution in [0.5, 0.6) is 5.88 Å². The molecule has 3 fully saturated rings. The largest absolute Gasteiger partial charge is 0.474 e. The molecular formula is C28H35F2N7O4. The Morgan fingerprint density at radius 1 is 0.976 bits per heavy atom. The van der Waals surface area contributed by atoms with Gasteiger partial charge in [-0.25, -0.2) is 13.8 Å². The maximum Gasteiger partial charge on any atom is 0.296 e. The molecule has 41 heavy (non-hydrogen) atoms. The molecule has 0 atom stereocenters. The number of amides is 1. The van der Waals surface area contributed by atoms with Gasteiger partial charge in [0.25, 0.3) is 6.43 Å². The fourth-order valence-corrected chi connectivity index (χ4v) is 5.64. The zero-order valence-electron chi connectivity index (χ0n) is 22.9. The second-order valence-electron chi connectivity index (χ2n) is 10.6. The van der Waals surface area contributed by atoms with Crippen LogP contribution in [-0.4, -0.2) is 102 Å². The van der Waals surface area contributed by atoms with Crippen LogP contribution in [0.1, 0.15) is 37.9 Å². The number of aromatic nitrogens is 4. The third-order valence-electron chi connectivity index (χ3n) is 7.78. The summed E-state index contributed by atoms with van der Waals surface area (Å²) in [4.78, 5) is 30.2. The molecule has 3 aliphatic rings. The molecule has 4 heterocycles. The van der Waals surface area contributed by atoms with Gasteiger partial charge in [-0.05, 0) is 37.8 Å². The number of imidazole rings is 1. The third kappa shape index (κ3) is 6.57. The minimum absolute atomic E-state index is 0.0363. The number of hydrogen-bond donors (Lipinski definition) is 1. The first-order chi connectivity index (χ1) is 20.0. The number of halogens is 2. The van der Waals surface area contributed by atoms with E-state index in [2.05, 4.69) is 25.2 Å². The molecule has 2 saturated heterocycles. The average molecular weight is 572 g/mol. The van der Waals surface area contributed by atoms with Gasteiger partial charge in [0.05, 0.1) is 44.0 Å². The van der Waals surface area contributed by atoms with Crippen LogP contribution >= 0.6 is 0 Å². The summed E-state index contributed by atoms with van der Waals surface area (Å²) in [5.74, 6) is 0.674. The van der Waals surface area contributed by atoms with Crippen molar-refractivity contribution < 1.29 is 27.8 Å². The lowest BCUT2D eigenvalue weighted by Gasteiger charge is -2.31. The molecule has 0 radical (unpaired) electrons. The van der Waals surface area contributed by atoms with Crippen LogP contribution in [0, 0.1) is 0 Å². The summed E-state index contributed by atoms with van der Waals surface area (Å²) in [6.45, 7) is 5.49. The van der Waals surface area contributed by atoms with E-state index in [4.69, 9.17) is 14.2 Å². The van der Waals surface area contributed by atoms with Gasteiger partial charge in [-0.2, -0.15) is 9.97 Å². The van der Waals surface area contributed by atoms with Gasteiger partial charge < -0.3 is 24.4 Å². The van der Waals surface area contributed by atoms with E-state index in [1.807, 2.05) is 4.90 Å². The van der Waals surface area contributed by atoms with Gasteiger partial charge in [0.2, 0.25) is 17.7 Å². The number of morpholine rings is 2. The summed E-state index contributed by atoms with van der Waals surface area (Å²) in [5.41, 5.74) is 1.000. The summed E-state index contributed by atoms with van der Waals surface area (Å²) in [5, 5.41) is 3.16. The van der Waals surface area contributed by atoms with Gasteiger partial charge in [-0.1, -0.05) is 12.1 Å². The van der Waals surface area contributed by atoms with Crippen LogP contribution in [0.2, 0.25) is 0 Å². The lowest BCUT2D eigenvalue weighted by molar-refractivity contribution is -0.124. The summed E-state index contributed by atoms with van der Waals surface area (Å²) in [7, 11) is 0. The van der Waals surface area contributed by atoms with Gasteiger partial charge in [0.1, 0.15) is 11.9 Å². The minimum Gasteiger partial charge on any atom is -0.474 e. The van der Waals surface area contributed by atoms with Gasteiger partial charge in [0.15, 0.2) is 5.82 Å². The Morgan fingerprint density at radius 2 is 1.68 bits per heavy atom. The number of benzene rings is 1. The van der Waals surface area contributed by atoms with E-state index in [0.29, 0.717) is 68.9 Å². The van der Waals surface area contributed by atoms with Gasteiger partial charge in [-0.15, -0.1) is 0 Å². The summed E-state index contributed by atoms with van der Waals surface area (Å²) < 4.78 is 46.8. The van der Waals surface area contributed by atoms with Gasteiger partial charge in [0, 0.05) is 38.3 Å². The van der Waals surface area contributed by atoms with Crippen molar-refractivity contribution in [2.45, 2.75) is 44.3 Å². The lowest BCUT2D eigenvalue weighted by atomic mass is 9.93. The molecule has 1 saturated carbocycles. The molecule has 13 heteroatoms. The highest BCUT2D eigenvalue weighted by atomic mass is 19.3. The van der Waals surface area contributed by atoms with E-state index in [-0.39, 0.29) is 29.7 Å². The normalized spacial score (nSPS) is 22.3. The molecule has 3 aromatic rings. The van der Waals surface area contributed by atoms with Crippen molar-refractivity contribution in [2.24, 2.45) is 0 Å². The highest BCUT2D eigenvalue weighted by molar-refractivity contribution is 5.78. The number of carbonyl (C=O) groups is 1. The van der Waals surface area contributed by atoms with Crippen molar-refractivity contribution in [3.8, 4) is 11.7 Å². The SMILES string of the molecule is O=C(CN1CCOCC1)N[C@H]1CC[C@H](Oc2cc(-n3c(C(F)F)nc4ccccc43)nc(N3CCOCC3)n2)CC1. The summed E-state index contributed by atoms with van der Waals surface area (Å²) in [6, 6.07) is 8.72. The zero-order valence-corrected chi connectivity index (χ0v) is 22.9. The molecule has 6 rings (SSSR count). The molecule has 0 bridgehead atoms. The van der Waals surface area contributed by atoms with Crippen molar-refractivity contribution >= 4 is 22.9 Å². The fraction of sp³-hybridized carbons (Fsp3) is 0.571. The van der Waals surface area contributed by atoms with Crippen molar-refractivity contribution in [1.29, 1.82) is 0 Å². The van der Waals surface area contributed by atoms with E-state index in [1.54, 1.807) is 30.3 Å². The van der Waals surface area contributed by atoms with Crippen LogP contribution in [0.15, 0.2) is 30.3 Å². The van der Waals surface area contributed by atoms with Crippen LogP contribution in [-0.2, 0) is 14.3 Å². The molecule has 11 nitrogen and oxygen atoms in total. The molecule has 0 spiro atoms. The lowest BCUT2D eigenvalue weighted by Crippen LogP contribution is -2.47. The average Bonchev–Trinajstić information content (AvgIpc) is 3.39. The Morgan fingerprint density at radius 3 is 2.41 bits per heavy atom. The number of anilines is 1. The summed E-state index contributed by atoms with van der Waals surface area (Å²) >= 11 is 0. The third-order valence-corrected chi connectivity index (χ3v) is 7.78. The van der Waals surface area contributed by atoms with E-state index in [1.165, 1.54) is 4.57 Å². The molecule has 1 amide bonds. The van der Waals surface area contributed by atoms with Crippen molar-refractivity contribution in [3.63, 3.8) is 0 Å². The van der Waals surface area contributed by atoms with E-state index < -0.39 is 6.43 Å².